The van der Waals surface area contributed by atoms with Crippen molar-refractivity contribution in [3.05, 3.63) is 29.1 Å². The molecule has 0 atom stereocenters. The van der Waals surface area contributed by atoms with E-state index in [2.05, 4.69) is 0 Å². The molecule has 0 aliphatic carbocycles. The smallest absolute Gasteiger partial charge is 0.167 e. The third-order valence-corrected chi connectivity index (χ3v) is 1.84. The van der Waals surface area contributed by atoms with E-state index in [1.807, 2.05) is 0 Å². The molecule has 0 unspecified atom stereocenters. The molecule has 0 bridgehead atoms. The van der Waals surface area contributed by atoms with Crippen molar-refractivity contribution >= 4 is 5.78 Å². The highest BCUT2D eigenvalue weighted by Crippen LogP contribution is 2.25. The van der Waals surface area contributed by atoms with Crippen molar-refractivity contribution in [2.24, 2.45) is 0 Å². The number of Topliss-reactive ketones (excluding diaryl/α,β-unsaturated/α-hetero) is 1. The number of hydrogen-bond acceptors (Lipinski definition) is 3. The van der Waals surface area contributed by atoms with Crippen molar-refractivity contribution in [3.63, 3.8) is 0 Å². The van der Waals surface area contributed by atoms with E-state index < -0.39 is 5.82 Å². The predicted molar refractivity (Wildman–Crippen MR) is 52.3 cm³/mol. The van der Waals surface area contributed by atoms with Crippen molar-refractivity contribution in [1.82, 2.24) is 0 Å². The number of ether oxygens (including phenoxy) is 1. The van der Waals surface area contributed by atoms with Gasteiger partial charge in [-0.15, -0.1) is 0 Å². The van der Waals surface area contributed by atoms with Gasteiger partial charge in [0.15, 0.2) is 17.3 Å². The Bertz CT molecular complexity index is 435. The Labute approximate surface area is 87.1 Å². The zero-order valence-electron chi connectivity index (χ0n) is 8.50. The molecule has 0 spiro atoms. The Balaban J connectivity index is 3.37. The predicted octanol–water partition coefficient (Wildman–Crippen LogP) is 2.30. The first kappa shape index (κ1) is 11.2. The van der Waals surface area contributed by atoms with E-state index in [-0.39, 0.29) is 29.3 Å². The van der Waals surface area contributed by atoms with Crippen LogP contribution in [-0.4, -0.2) is 12.4 Å². The lowest BCUT2D eigenvalue weighted by Gasteiger charge is -2.09. The van der Waals surface area contributed by atoms with Crippen LogP contribution in [0.1, 0.15) is 29.8 Å². The van der Waals surface area contributed by atoms with Gasteiger partial charge in [-0.05, 0) is 26.0 Å². The summed E-state index contributed by atoms with van der Waals surface area (Å²) < 4.78 is 18.4. The monoisotopic (exact) mass is 207 g/mol. The maximum absolute atomic E-state index is 13.4. The highest BCUT2D eigenvalue weighted by molar-refractivity contribution is 5.97. The second-order valence-electron chi connectivity index (χ2n) is 2.94. The van der Waals surface area contributed by atoms with E-state index in [4.69, 9.17) is 10.00 Å². The van der Waals surface area contributed by atoms with Crippen LogP contribution in [0, 0.1) is 17.1 Å². The van der Waals surface area contributed by atoms with Crippen molar-refractivity contribution < 1.29 is 13.9 Å². The molecule has 15 heavy (non-hydrogen) atoms. The lowest BCUT2D eigenvalue weighted by molar-refractivity contribution is 0.101. The van der Waals surface area contributed by atoms with Gasteiger partial charge in [0.25, 0.3) is 0 Å². The molecule has 0 amide bonds. The lowest BCUT2D eigenvalue weighted by Crippen LogP contribution is -2.04. The van der Waals surface area contributed by atoms with Gasteiger partial charge >= 0.3 is 0 Å². The molecule has 4 heteroatoms. The van der Waals surface area contributed by atoms with Gasteiger partial charge in [0.2, 0.25) is 0 Å². The van der Waals surface area contributed by atoms with Crippen molar-refractivity contribution in [2.75, 3.05) is 6.61 Å². The van der Waals surface area contributed by atoms with Crippen LogP contribution in [0.15, 0.2) is 12.1 Å². The number of nitrogens with zero attached hydrogens (tertiary/aromatic N) is 1. The highest BCUT2D eigenvalue weighted by Gasteiger charge is 2.15. The minimum absolute atomic E-state index is 0.0796. The number of rotatable bonds is 3. The van der Waals surface area contributed by atoms with Gasteiger partial charge in [0.1, 0.15) is 0 Å². The second kappa shape index (κ2) is 4.56. The van der Waals surface area contributed by atoms with Crippen molar-refractivity contribution in [2.45, 2.75) is 13.8 Å². The summed E-state index contributed by atoms with van der Waals surface area (Å²) in [4.78, 5) is 11.2. The SMILES string of the molecule is CCOc1c(F)cc(C#N)cc1C(C)=O. The number of benzene rings is 1. The van der Waals surface area contributed by atoms with E-state index in [0.717, 1.165) is 6.07 Å². The number of halogens is 1. The summed E-state index contributed by atoms with van der Waals surface area (Å²) >= 11 is 0. The molecule has 0 aromatic heterocycles. The molecule has 0 radical (unpaired) electrons. The van der Waals surface area contributed by atoms with E-state index in [1.54, 1.807) is 13.0 Å². The number of nitriles is 1. The quantitative estimate of drug-likeness (QED) is 0.714. The standard InChI is InChI=1S/C11H10FNO2/c1-3-15-11-9(7(2)14)4-8(6-13)5-10(11)12/h4-5H,3H2,1-2H3. The molecular weight excluding hydrogens is 197 g/mol. The Morgan fingerprint density at radius 3 is 2.73 bits per heavy atom. The molecule has 0 aliphatic rings. The van der Waals surface area contributed by atoms with Gasteiger partial charge < -0.3 is 4.74 Å². The third kappa shape index (κ3) is 2.32. The van der Waals surface area contributed by atoms with Crippen molar-refractivity contribution in [3.8, 4) is 11.8 Å². The summed E-state index contributed by atoms with van der Waals surface area (Å²) in [6.07, 6.45) is 0. The normalized spacial score (nSPS) is 9.47. The largest absolute Gasteiger partial charge is 0.490 e. The molecule has 1 aromatic rings. The van der Waals surface area contributed by atoms with Gasteiger partial charge in [-0.3, -0.25) is 4.79 Å². The maximum Gasteiger partial charge on any atom is 0.167 e. The molecule has 1 aromatic carbocycles. The minimum Gasteiger partial charge on any atom is -0.490 e. The molecule has 78 valence electrons. The molecule has 0 N–H and O–H groups in total. The van der Waals surface area contributed by atoms with E-state index in [1.165, 1.54) is 13.0 Å². The molecule has 3 nitrogen and oxygen atoms in total. The first-order valence-corrected chi connectivity index (χ1v) is 4.47. The average molecular weight is 207 g/mol. The van der Waals surface area contributed by atoms with Crippen LogP contribution in [0.2, 0.25) is 0 Å². The van der Waals surface area contributed by atoms with Crippen LogP contribution >= 0.6 is 0 Å². The molecule has 0 fully saturated rings. The van der Waals surface area contributed by atoms with Gasteiger partial charge in [-0.1, -0.05) is 0 Å². The Morgan fingerprint density at radius 2 is 2.27 bits per heavy atom. The fourth-order valence-corrected chi connectivity index (χ4v) is 1.21. The summed E-state index contributed by atoms with van der Waals surface area (Å²) in [5.74, 6) is -1.08. The van der Waals surface area contributed by atoms with Crippen LogP contribution in [0.4, 0.5) is 4.39 Å². The third-order valence-electron chi connectivity index (χ3n) is 1.84. The summed E-state index contributed by atoms with van der Waals surface area (Å²) in [5, 5.41) is 8.62. The van der Waals surface area contributed by atoms with Crippen LogP contribution in [-0.2, 0) is 0 Å². The zero-order chi connectivity index (χ0) is 11.4. The number of hydrogen-bond donors (Lipinski definition) is 0. The molecule has 0 saturated heterocycles. The number of carbonyl (C=O) groups is 1. The number of carbonyl (C=O) groups excluding carboxylic acids is 1. The molecule has 1 rings (SSSR count). The van der Waals surface area contributed by atoms with Gasteiger partial charge in [-0.25, -0.2) is 4.39 Å². The number of ketones is 1. The first-order valence-electron chi connectivity index (χ1n) is 4.47. The van der Waals surface area contributed by atoms with E-state index >= 15 is 0 Å². The Kier molecular flexibility index (Phi) is 3.40. The molecular formula is C11H10FNO2. The van der Waals surface area contributed by atoms with E-state index in [9.17, 15) is 9.18 Å². The topological polar surface area (TPSA) is 50.1 Å². The van der Waals surface area contributed by atoms with Crippen LogP contribution in [0.25, 0.3) is 0 Å². The molecule has 0 saturated carbocycles. The van der Waals surface area contributed by atoms with Gasteiger partial charge in [0.05, 0.1) is 23.8 Å². The fourth-order valence-electron chi connectivity index (χ4n) is 1.21. The lowest BCUT2D eigenvalue weighted by atomic mass is 10.1. The second-order valence-corrected chi connectivity index (χ2v) is 2.94. The Hall–Kier alpha value is -1.89. The zero-order valence-corrected chi connectivity index (χ0v) is 8.50. The average Bonchev–Trinajstić information content (AvgIpc) is 2.20. The maximum atomic E-state index is 13.4. The fraction of sp³-hybridized carbons (Fsp3) is 0.273. The van der Waals surface area contributed by atoms with Crippen molar-refractivity contribution in [1.29, 1.82) is 5.26 Å². The molecule has 0 aliphatic heterocycles. The van der Waals surface area contributed by atoms with Crippen LogP contribution in [0.3, 0.4) is 0 Å². The minimum atomic E-state index is -0.680. The summed E-state index contributed by atoms with van der Waals surface area (Å²) in [6.45, 7) is 3.27. The molecule has 0 heterocycles. The van der Waals surface area contributed by atoms with Crippen LogP contribution < -0.4 is 4.74 Å². The van der Waals surface area contributed by atoms with E-state index in [0.29, 0.717) is 0 Å². The van der Waals surface area contributed by atoms with Gasteiger partial charge in [0, 0.05) is 0 Å². The summed E-state index contributed by atoms with van der Waals surface area (Å²) in [6, 6.07) is 4.17. The summed E-state index contributed by atoms with van der Waals surface area (Å²) in [5.41, 5.74) is 0.217. The van der Waals surface area contributed by atoms with Crippen LogP contribution in [0.5, 0.6) is 5.75 Å². The summed E-state index contributed by atoms with van der Waals surface area (Å²) in [7, 11) is 0. The first-order chi connectivity index (χ1) is 7.10. The van der Waals surface area contributed by atoms with Gasteiger partial charge in [-0.2, -0.15) is 5.26 Å². The highest BCUT2D eigenvalue weighted by atomic mass is 19.1. The Morgan fingerprint density at radius 1 is 1.60 bits per heavy atom.